The van der Waals surface area contributed by atoms with Crippen LogP contribution in [0.3, 0.4) is 0 Å². The lowest BCUT2D eigenvalue weighted by Crippen LogP contribution is -2.08. The van der Waals surface area contributed by atoms with Gasteiger partial charge in [-0.1, -0.05) is 18.2 Å². The largest absolute Gasteiger partial charge is 0.394 e. The van der Waals surface area contributed by atoms with Crippen LogP contribution in [0, 0.1) is 13.8 Å². The van der Waals surface area contributed by atoms with E-state index in [-0.39, 0.29) is 6.61 Å². The van der Waals surface area contributed by atoms with Gasteiger partial charge in [0.15, 0.2) is 0 Å². The first kappa shape index (κ1) is 16.5. The number of benzene rings is 1. The zero-order valence-electron chi connectivity index (χ0n) is 13.6. The summed E-state index contributed by atoms with van der Waals surface area (Å²) in [4.78, 5) is 0. The fourth-order valence-electron chi connectivity index (χ4n) is 2.52. The summed E-state index contributed by atoms with van der Waals surface area (Å²) in [7, 11) is 0. The zero-order valence-corrected chi connectivity index (χ0v) is 13.6. The van der Waals surface area contributed by atoms with E-state index in [2.05, 4.69) is 22.5 Å². The molecular formula is C17H25N3O2. The second kappa shape index (κ2) is 7.96. The Morgan fingerprint density at radius 1 is 1.27 bits per heavy atom. The van der Waals surface area contributed by atoms with E-state index in [1.807, 2.05) is 37.6 Å². The molecule has 0 atom stereocenters. The van der Waals surface area contributed by atoms with Gasteiger partial charge in [-0.15, -0.1) is 0 Å². The Morgan fingerprint density at radius 2 is 2.05 bits per heavy atom. The minimum Gasteiger partial charge on any atom is -0.394 e. The summed E-state index contributed by atoms with van der Waals surface area (Å²) in [5.41, 5.74) is 5.52. The summed E-state index contributed by atoms with van der Waals surface area (Å²) >= 11 is 0. The number of ether oxygens (including phenoxy) is 1. The lowest BCUT2D eigenvalue weighted by Gasteiger charge is -2.12. The lowest BCUT2D eigenvalue weighted by atomic mass is 10.1. The predicted octanol–water partition coefficient (Wildman–Crippen LogP) is 2.64. The van der Waals surface area contributed by atoms with Gasteiger partial charge in [-0.25, -0.2) is 0 Å². The molecule has 0 saturated carbocycles. The third kappa shape index (κ3) is 3.87. The molecule has 0 bridgehead atoms. The van der Waals surface area contributed by atoms with E-state index < -0.39 is 0 Å². The van der Waals surface area contributed by atoms with Crippen molar-refractivity contribution in [1.82, 2.24) is 9.78 Å². The van der Waals surface area contributed by atoms with Gasteiger partial charge in [-0.2, -0.15) is 5.10 Å². The molecule has 1 aromatic carbocycles. The van der Waals surface area contributed by atoms with E-state index in [0.29, 0.717) is 26.3 Å². The van der Waals surface area contributed by atoms with Crippen molar-refractivity contribution in [2.75, 3.05) is 18.5 Å². The molecule has 0 radical (unpaired) electrons. The molecule has 2 N–H and O–H groups in total. The van der Waals surface area contributed by atoms with Gasteiger partial charge < -0.3 is 15.2 Å². The smallest absolute Gasteiger partial charge is 0.0736 e. The van der Waals surface area contributed by atoms with Crippen molar-refractivity contribution >= 4 is 5.69 Å². The molecule has 0 fully saturated rings. The van der Waals surface area contributed by atoms with Crippen LogP contribution in [0.1, 0.15) is 29.4 Å². The molecule has 0 unspecified atom stereocenters. The topological polar surface area (TPSA) is 59.3 Å². The first-order valence-corrected chi connectivity index (χ1v) is 7.70. The van der Waals surface area contributed by atoms with Crippen LogP contribution in [0.15, 0.2) is 24.3 Å². The molecule has 5 heteroatoms. The van der Waals surface area contributed by atoms with Crippen LogP contribution >= 0.6 is 0 Å². The van der Waals surface area contributed by atoms with Gasteiger partial charge in [0.25, 0.3) is 0 Å². The minimum atomic E-state index is 0.103. The molecule has 2 aromatic rings. The highest BCUT2D eigenvalue weighted by Crippen LogP contribution is 2.19. The van der Waals surface area contributed by atoms with Gasteiger partial charge in [0.05, 0.1) is 25.5 Å². The Labute approximate surface area is 131 Å². The monoisotopic (exact) mass is 303 g/mol. The van der Waals surface area contributed by atoms with E-state index in [1.54, 1.807) is 0 Å². The molecule has 0 aliphatic carbocycles. The summed E-state index contributed by atoms with van der Waals surface area (Å²) in [5.74, 6) is 0. The summed E-state index contributed by atoms with van der Waals surface area (Å²) < 4.78 is 7.37. The molecule has 0 aliphatic rings. The Balaban J connectivity index is 2.10. The molecule has 1 aromatic heterocycles. The van der Waals surface area contributed by atoms with Crippen LogP contribution in [0.25, 0.3) is 0 Å². The van der Waals surface area contributed by atoms with Crippen LogP contribution in [-0.4, -0.2) is 28.1 Å². The summed E-state index contributed by atoms with van der Waals surface area (Å²) in [5, 5.41) is 17.0. The third-order valence-corrected chi connectivity index (χ3v) is 3.78. The molecule has 0 saturated heterocycles. The van der Waals surface area contributed by atoms with Crippen molar-refractivity contribution in [3.63, 3.8) is 0 Å². The maximum Gasteiger partial charge on any atom is 0.0736 e. The number of nitrogens with zero attached hydrogens (tertiary/aromatic N) is 2. The van der Waals surface area contributed by atoms with E-state index in [4.69, 9.17) is 9.84 Å². The number of hydrogen-bond acceptors (Lipinski definition) is 4. The van der Waals surface area contributed by atoms with E-state index in [9.17, 15) is 0 Å². The van der Waals surface area contributed by atoms with Crippen LogP contribution in [-0.2, 0) is 24.4 Å². The Bertz CT molecular complexity index is 608. The summed E-state index contributed by atoms with van der Waals surface area (Å²) in [6.07, 6.45) is 0. The zero-order chi connectivity index (χ0) is 15.9. The van der Waals surface area contributed by atoms with E-state index >= 15 is 0 Å². The van der Waals surface area contributed by atoms with E-state index in [1.165, 1.54) is 5.56 Å². The third-order valence-electron chi connectivity index (χ3n) is 3.78. The normalized spacial score (nSPS) is 10.9. The second-order valence-corrected chi connectivity index (χ2v) is 5.24. The molecule has 5 nitrogen and oxygen atoms in total. The van der Waals surface area contributed by atoms with Crippen molar-refractivity contribution in [3.05, 3.63) is 46.8 Å². The van der Waals surface area contributed by atoms with Crippen molar-refractivity contribution in [3.8, 4) is 0 Å². The fraction of sp³-hybridized carbons (Fsp3) is 0.471. The van der Waals surface area contributed by atoms with Crippen LogP contribution < -0.4 is 5.32 Å². The van der Waals surface area contributed by atoms with Gasteiger partial charge in [-0.05, 0) is 26.8 Å². The Kier molecular flexibility index (Phi) is 5.98. The van der Waals surface area contributed by atoms with E-state index in [0.717, 1.165) is 22.6 Å². The number of aromatic nitrogens is 2. The second-order valence-electron chi connectivity index (χ2n) is 5.24. The van der Waals surface area contributed by atoms with Gasteiger partial charge >= 0.3 is 0 Å². The maximum absolute atomic E-state index is 9.08. The number of para-hydroxylation sites is 1. The van der Waals surface area contributed by atoms with Crippen molar-refractivity contribution < 1.29 is 9.84 Å². The first-order valence-electron chi connectivity index (χ1n) is 7.70. The number of aryl methyl sites for hydroxylation is 1. The minimum absolute atomic E-state index is 0.103. The molecule has 2 rings (SSSR count). The molecule has 0 amide bonds. The number of aliphatic hydroxyl groups is 1. The number of anilines is 1. The van der Waals surface area contributed by atoms with Gasteiger partial charge in [0, 0.05) is 35.7 Å². The molecule has 0 spiro atoms. The number of nitrogens with one attached hydrogen (secondary N) is 1. The SMILES string of the molecule is CCOCc1ccccc1NCc1c(C)nn(CCO)c1C. The van der Waals surface area contributed by atoms with Crippen molar-refractivity contribution in [2.24, 2.45) is 0 Å². The molecule has 1 heterocycles. The van der Waals surface area contributed by atoms with Crippen molar-refractivity contribution in [1.29, 1.82) is 0 Å². The highest BCUT2D eigenvalue weighted by molar-refractivity contribution is 5.51. The fourth-order valence-corrected chi connectivity index (χ4v) is 2.52. The lowest BCUT2D eigenvalue weighted by molar-refractivity contribution is 0.134. The van der Waals surface area contributed by atoms with Crippen LogP contribution in [0.4, 0.5) is 5.69 Å². The standard InChI is InChI=1S/C17H25N3O2/c1-4-22-12-15-7-5-6-8-17(15)18-11-16-13(2)19-20(9-10-21)14(16)3/h5-8,18,21H,4,9-12H2,1-3H3. The molecular weight excluding hydrogens is 278 g/mol. The summed E-state index contributed by atoms with van der Waals surface area (Å²) in [6, 6.07) is 8.19. The van der Waals surface area contributed by atoms with Crippen LogP contribution in [0.5, 0.6) is 0 Å². The molecule has 22 heavy (non-hydrogen) atoms. The molecule has 120 valence electrons. The quantitative estimate of drug-likeness (QED) is 0.787. The molecule has 0 aliphatic heterocycles. The number of rotatable bonds is 8. The highest BCUT2D eigenvalue weighted by atomic mass is 16.5. The average Bonchev–Trinajstić information content (AvgIpc) is 2.79. The van der Waals surface area contributed by atoms with Gasteiger partial charge in [0.1, 0.15) is 0 Å². The summed E-state index contributed by atoms with van der Waals surface area (Å²) in [6.45, 7) is 8.72. The van der Waals surface area contributed by atoms with Crippen LogP contribution in [0.2, 0.25) is 0 Å². The van der Waals surface area contributed by atoms with Gasteiger partial charge in [0.2, 0.25) is 0 Å². The Morgan fingerprint density at radius 3 is 2.77 bits per heavy atom. The maximum atomic E-state index is 9.08. The van der Waals surface area contributed by atoms with Crippen molar-refractivity contribution in [2.45, 2.75) is 40.5 Å². The predicted molar refractivity (Wildman–Crippen MR) is 87.9 cm³/mol. The Hall–Kier alpha value is -1.85. The number of hydrogen-bond donors (Lipinski definition) is 2. The van der Waals surface area contributed by atoms with Gasteiger partial charge in [-0.3, -0.25) is 4.68 Å². The average molecular weight is 303 g/mol. The number of aliphatic hydroxyl groups excluding tert-OH is 1. The highest BCUT2D eigenvalue weighted by Gasteiger charge is 2.11. The first-order chi connectivity index (χ1) is 10.7.